The minimum atomic E-state index is -0.779. The molecule has 168 valence electrons. The van der Waals surface area contributed by atoms with Crippen LogP contribution in [0.2, 0.25) is 0 Å². The predicted octanol–water partition coefficient (Wildman–Crippen LogP) is 3.45. The molecule has 7 heteroatoms. The van der Waals surface area contributed by atoms with Crippen LogP contribution in [0.1, 0.15) is 18.1 Å². The Bertz CT molecular complexity index is 911. The zero-order valence-corrected chi connectivity index (χ0v) is 18.7. The molecular weight excluding hydrogens is 400 g/mol. The van der Waals surface area contributed by atoms with Gasteiger partial charge in [-0.15, -0.1) is 0 Å². The molecular formula is C24H30O7. The van der Waals surface area contributed by atoms with Crippen LogP contribution in [0.25, 0.3) is 0 Å². The lowest BCUT2D eigenvalue weighted by Crippen LogP contribution is -2.45. The summed E-state index contributed by atoms with van der Waals surface area (Å²) >= 11 is 0. The highest BCUT2D eigenvalue weighted by Crippen LogP contribution is 2.38. The van der Waals surface area contributed by atoms with E-state index < -0.39 is 5.60 Å². The van der Waals surface area contributed by atoms with E-state index in [1.165, 1.54) is 6.92 Å². The molecule has 1 saturated heterocycles. The molecule has 2 atom stereocenters. The van der Waals surface area contributed by atoms with Crippen LogP contribution in [-0.4, -0.2) is 53.2 Å². The van der Waals surface area contributed by atoms with Crippen molar-refractivity contribution in [3.8, 4) is 23.0 Å². The third-order valence-electron chi connectivity index (χ3n) is 5.64. The Labute approximate surface area is 183 Å². The van der Waals surface area contributed by atoms with Crippen molar-refractivity contribution in [2.45, 2.75) is 25.4 Å². The van der Waals surface area contributed by atoms with Gasteiger partial charge in [0, 0.05) is 19.3 Å². The van der Waals surface area contributed by atoms with Gasteiger partial charge in [-0.25, -0.2) is 0 Å². The smallest absolute Gasteiger partial charge is 0.303 e. The number of rotatable bonds is 9. The third-order valence-corrected chi connectivity index (χ3v) is 5.64. The molecule has 1 heterocycles. The second kappa shape index (κ2) is 9.92. The van der Waals surface area contributed by atoms with Crippen molar-refractivity contribution < 1.29 is 33.2 Å². The van der Waals surface area contributed by atoms with Crippen molar-refractivity contribution in [2.24, 2.45) is 5.92 Å². The number of benzene rings is 2. The maximum absolute atomic E-state index is 12.0. The SMILES string of the molecule is COc1ccc(C[C@H]2COC[C@@]2(Cc2ccc(OC)c(OC)c2)OC(C)=O)cc1OC. The Morgan fingerprint density at radius 3 is 2.00 bits per heavy atom. The summed E-state index contributed by atoms with van der Waals surface area (Å²) in [6.45, 7) is 2.26. The van der Waals surface area contributed by atoms with Gasteiger partial charge >= 0.3 is 5.97 Å². The standard InChI is InChI=1S/C24H30O7/c1-16(25)31-24(13-18-7-9-21(27-3)23(12-18)29-5)15-30-14-19(24)10-17-6-8-20(26-2)22(11-17)28-4/h6-9,11-12,19H,10,13-15H2,1-5H3/t19-,24+/m0/s1. The minimum Gasteiger partial charge on any atom is -0.493 e. The van der Waals surface area contributed by atoms with Crippen molar-refractivity contribution in [1.29, 1.82) is 0 Å². The quantitative estimate of drug-likeness (QED) is 0.564. The second-order valence-corrected chi connectivity index (χ2v) is 7.63. The molecule has 7 nitrogen and oxygen atoms in total. The van der Waals surface area contributed by atoms with E-state index in [2.05, 4.69) is 0 Å². The van der Waals surface area contributed by atoms with Crippen LogP contribution in [0.4, 0.5) is 0 Å². The Kier molecular flexibility index (Phi) is 7.28. The molecule has 1 aliphatic heterocycles. The summed E-state index contributed by atoms with van der Waals surface area (Å²) in [5.41, 5.74) is 1.25. The molecule has 0 N–H and O–H groups in total. The van der Waals surface area contributed by atoms with Crippen LogP contribution in [0, 0.1) is 5.92 Å². The fourth-order valence-electron chi connectivity index (χ4n) is 4.15. The average molecular weight is 430 g/mol. The van der Waals surface area contributed by atoms with Gasteiger partial charge in [0.25, 0.3) is 0 Å². The van der Waals surface area contributed by atoms with E-state index in [9.17, 15) is 4.79 Å². The molecule has 0 aromatic heterocycles. The zero-order valence-electron chi connectivity index (χ0n) is 18.7. The highest BCUT2D eigenvalue weighted by molar-refractivity contribution is 5.66. The van der Waals surface area contributed by atoms with Crippen LogP contribution in [0.15, 0.2) is 36.4 Å². The van der Waals surface area contributed by atoms with E-state index in [1.807, 2.05) is 36.4 Å². The first-order chi connectivity index (χ1) is 14.9. The molecule has 0 unspecified atom stereocenters. The van der Waals surface area contributed by atoms with Crippen molar-refractivity contribution in [2.75, 3.05) is 41.7 Å². The van der Waals surface area contributed by atoms with Gasteiger partial charge in [0.05, 0.1) is 41.7 Å². The Morgan fingerprint density at radius 2 is 1.45 bits per heavy atom. The van der Waals surface area contributed by atoms with Gasteiger partial charge in [-0.3, -0.25) is 4.79 Å². The van der Waals surface area contributed by atoms with Crippen molar-refractivity contribution in [3.63, 3.8) is 0 Å². The normalized spacial score (nSPS) is 20.2. The van der Waals surface area contributed by atoms with E-state index in [-0.39, 0.29) is 11.9 Å². The number of hydrogen-bond acceptors (Lipinski definition) is 7. The van der Waals surface area contributed by atoms with E-state index in [4.69, 9.17) is 28.4 Å². The molecule has 1 aliphatic rings. The highest BCUT2D eigenvalue weighted by atomic mass is 16.6. The van der Waals surface area contributed by atoms with E-state index in [0.717, 1.165) is 11.1 Å². The molecule has 0 radical (unpaired) electrons. The number of carbonyl (C=O) groups excluding carboxylic acids is 1. The zero-order chi connectivity index (χ0) is 22.4. The van der Waals surface area contributed by atoms with Gasteiger partial charge in [0.1, 0.15) is 5.60 Å². The molecule has 0 bridgehead atoms. The fraction of sp³-hybridized carbons (Fsp3) is 0.458. The first-order valence-corrected chi connectivity index (χ1v) is 10.1. The van der Waals surface area contributed by atoms with Gasteiger partial charge in [-0.2, -0.15) is 0 Å². The van der Waals surface area contributed by atoms with Gasteiger partial charge in [-0.1, -0.05) is 12.1 Å². The fourth-order valence-corrected chi connectivity index (χ4v) is 4.15. The monoisotopic (exact) mass is 430 g/mol. The molecule has 0 spiro atoms. The summed E-state index contributed by atoms with van der Waals surface area (Å²) < 4.78 is 33.3. The maximum atomic E-state index is 12.0. The molecule has 0 saturated carbocycles. The van der Waals surface area contributed by atoms with Crippen LogP contribution >= 0.6 is 0 Å². The molecule has 1 fully saturated rings. The lowest BCUT2D eigenvalue weighted by atomic mass is 9.81. The Morgan fingerprint density at radius 1 is 0.903 bits per heavy atom. The number of carbonyl (C=O) groups is 1. The van der Waals surface area contributed by atoms with Gasteiger partial charge in [-0.05, 0) is 41.8 Å². The van der Waals surface area contributed by atoms with Crippen molar-refractivity contribution in [3.05, 3.63) is 47.5 Å². The molecule has 0 aliphatic carbocycles. The van der Waals surface area contributed by atoms with Crippen molar-refractivity contribution >= 4 is 5.97 Å². The van der Waals surface area contributed by atoms with Crippen LogP contribution in [0.3, 0.4) is 0 Å². The Hall–Kier alpha value is -2.93. The summed E-state index contributed by atoms with van der Waals surface area (Å²) in [7, 11) is 6.42. The predicted molar refractivity (Wildman–Crippen MR) is 115 cm³/mol. The first kappa shape index (κ1) is 22.7. The van der Waals surface area contributed by atoms with Crippen LogP contribution < -0.4 is 18.9 Å². The average Bonchev–Trinajstić information content (AvgIpc) is 3.13. The Balaban J connectivity index is 1.90. The summed E-state index contributed by atoms with van der Waals surface area (Å²) in [4.78, 5) is 12.0. The number of hydrogen-bond donors (Lipinski definition) is 0. The van der Waals surface area contributed by atoms with Gasteiger partial charge in [0.15, 0.2) is 23.0 Å². The highest BCUT2D eigenvalue weighted by Gasteiger charge is 2.47. The first-order valence-electron chi connectivity index (χ1n) is 10.1. The molecule has 2 aromatic carbocycles. The van der Waals surface area contributed by atoms with E-state index in [0.29, 0.717) is 49.1 Å². The summed E-state index contributed by atoms with van der Waals surface area (Å²) in [6.07, 6.45) is 1.17. The molecule has 2 aromatic rings. The lowest BCUT2D eigenvalue weighted by Gasteiger charge is -2.33. The summed E-state index contributed by atoms with van der Waals surface area (Å²) in [5.74, 6) is 2.26. The second-order valence-electron chi connectivity index (χ2n) is 7.63. The lowest BCUT2D eigenvalue weighted by molar-refractivity contribution is -0.160. The van der Waals surface area contributed by atoms with E-state index >= 15 is 0 Å². The van der Waals surface area contributed by atoms with Crippen LogP contribution in [-0.2, 0) is 27.1 Å². The molecule has 3 rings (SSSR count). The van der Waals surface area contributed by atoms with E-state index in [1.54, 1.807) is 28.4 Å². The van der Waals surface area contributed by atoms with Gasteiger partial charge < -0.3 is 28.4 Å². The third kappa shape index (κ3) is 5.05. The van der Waals surface area contributed by atoms with Gasteiger partial charge in [0.2, 0.25) is 0 Å². The maximum Gasteiger partial charge on any atom is 0.303 e. The van der Waals surface area contributed by atoms with Crippen LogP contribution in [0.5, 0.6) is 23.0 Å². The topological polar surface area (TPSA) is 72.5 Å². The van der Waals surface area contributed by atoms with Crippen molar-refractivity contribution in [1.82, 2.24) is 0 Å². The number of ether oxygens (including phenoxy) is 6. The summed E-state index contributed by atoms with van der Waals surface area (Å²) in [6, 6.07) is 11.6. The minimum absolute atomic E-state index is 0.0254. The number of methoxy groups -OCH3 is 4. The largest absolute Gasteiger partial charge is 0.493 e. The number of esters is 1. The molecule has 31 heavy (non-hydrogen) atoms. The summed E-state index contributed by atoms with van der Waals surface area (Å²) in [5, 5.41) is 0. The molecule has 0 amide bonds.